The second kappa shape index (κ2) is 6.64. The van der Waals surface area contributed by atoms with Crippen molar-refractivity contribution in [2.45, 2.75) is 25.1 Å². The first kappa shape index (κ1) is 16.5. The molecule has 8 heteroatoms. The molecule has 2 aromatic rings. The van der Waals surface area contributed by atoms with Gasteiger partial charge in [0, 0.05) is 5.56 Å². The lowest BCUT2D eigenvalue weighted by atomic mass is 10.1. The largest absolute Gasteiger partial charge is 0.489 e. The highest BCUT2D eigenvalue weighted by atomic mass is 19.4. The summed E-state index contributed by atoms with van der Waals surface area (Å²) in [6.45, 7) is 4.27. The average Bonchev–Trinajstić information content (AvgIpc) is 3.22. The number of nitrogens with zero attached hydrogens (tertiary/aromatic N) is 2. The van der Waals surface area contributed by atoms with Crippen molar-refractivity contribution >= 4 is 0 Å². The van der Waals surface area contributed by atoms with Gasteiger partial charge in [-0.15, -0.1) is 0 Å². The monoisotopic (exact) mass is 339 g/mol. The number of hydrogen-bond donors (Lipinski definition) is 1. The molecular weight excluding hydrogens is 323 g/mol. The van der Waals surface area contributed by atoms with Crippen molar-refractivity contribution in [2.75, 3.05) is 13.2 Å². The molecule has 1 N–H and O–H groups in total. The Morgan fingerprint density at radius 3 is 2.92 bits per heavy atom. The molecule has 0 amide bonds. The number of alkyl halides is 3. The highest BCUT2D eigenvalue weighted by Gasteiger charge is 2.35. The highest BCUT2D eigenvalue weighted by molar-refractivity contribution is 5.59. The molecule has 1 saturated heterocycles. The van der Waals surface area contributed by atoms with Crippen molar-refractivity contribution in [1.82, 2.24) is 15.5 Å². The number of rotatable bonds is 5. The summed E-state index contributed by atoms with van der Waals surface area (Å²) < 4.78 is 50.0. The summed E-state index contributed by atoms with van der Waals surface area (Å²) in [5.41, 5.74) is -0.659. The first-order chi connectivity index (χ1) is 11.5. The zero-order valence-electron chi connectivity index (χ0n) is 12.8. The van der Waals surface area contributed by atoms with Crippen molar-refractivity contribution in [3.05, 3.63) is 42.3 Å². The number of ether oxygens (including phenoxy) is 1. The molecule has 1 atom stereocenters. The fourth-order valence-corrected chi connectivity index (χ4v) is 2.55. The van der Waals surface area contributed by atoms with Crippen LogP contribution in [0.15, 0.2) is 35.4 Å². The Morgan fingerprint density at radius 2 is 2.25 bits per heavy atom. The van der Waals surface area contributed by atoms with Gasteiger partial charge in [-0.05, 0) is 37.6 Å². The average molecular weight is 339 g/mol. The van der Waals surface area contributed by atoms with Crippen LogP contribution in [-0.2, 0) is 6.18 Å². The Bertz CT molecular complexity index is 722. The quantitative estimate of drug-likeness (QED) is 0.841. The van der Waals surface area contributed by atoms with Crippen LogP contribution in [0.4, 0.5) is 13.2 Å². The second-order valence-electron chi connectivity index (χ2n) is 5.41. The Balaban J connectivity index is 1.92. The fourth-order valence-electron chi connectivity index (χ4n) is 2.55. The predicted octanol–water partition coefficient (Wildman–Crippen LogP) is 3.74. The van der Waals surface area contributed by atoms with Crippen LogP contribution in [0.25, 0.3) is 11.4 Å². The molecule has 0 saturated carbocycles. The Hall–Kier alpha value is -2.35. The minimum Gasteiger partial charge on any atom is -0.489 e. The van der Waals surface area contributed by atoms with Crippen molar-refractivity contribution in [3.8, 4) is 17.1 Å². The van der Waals surface area contributed by atoms with E-state index in [9.17, 15) is 13.2 Å². The lowest BCUT2D eigenvalue weighted by molar-refractivity contribution is -0.138. The fraction of sp³-hybridized carbons (Fsp3) is 0.375. The molecule has 2 heterocycles. The van der Waals surface area contributed by atoms with E-state index in [1.165, 1.54) is 18.2 Å². The maximum atomic E-state index is 13.2. The number of halogens is 3. The van der Waals surface area contributed by atoms with Gasteiger partial charge in [0.2, 0.25) is 11.7 Å². The Morgan fingerprint density at radius 1 is 1.42 bits per heavy atom. The molecular formula is C16H16F3N3O2. The molecule has 0 bridgehead atoms. The van der Waals surface area contributed by atoms with Crippen molar-refractivity contribution in [2.24, 2.45) is 0 Å². The van der Waals surface area contributed by atoms with Gasteiger partial charge >= 0.3 is 6.18 Å². The number of hydrogen-bond acceptors (Lipinski definition) is 5. The van der Waals surface area contributed by atoms with Crippen LogP contribution >= 0.6 is 0 Å². The first-order valence-corrected chi connectivity index (χ1v) is 7.51. The second-order valence-corrected chi connectivity index (χ2v) is 5.41. The molecule has 1 aliphatic heterocycles. The van der Waals surface area contributed by atoms with Gasteiger partial charge in [-0.2, -0.15) is 18.2 Å². The van der Waals surface area contributed by atoms with Gasteiger partial charge in [-0.25, -0.2) is 0 Å². The number of aromatic nitrogens is 2. The smallest absolute Gasteiger partial charge is 0.419 e. The van der Waals surface area contributed by atoms with Crippen LogP contribution in [-0.4, -0.2) is 23.3 Å². The first-order valence-electron chi connectivity index (χ1n) is 7.51. The maximum absolute atomic E-state index is 13.2. The van der Waals surface area contributed by atoms with Gasteiger partial charge in [0.1, 0.15) is 12.4 Å². The highest BCUT2D eigenvalue weighted by Crippen LogP contribution is 2.38. The molecule has 0 unspecified atom stereocenters. The molecule has 0 spiro atoms. The van der Waals surface area contributed by atoms with Crippen LogP contribution in [0, 0.1) is 0 Å². The lowest BCUT2D eigenvalue weighted by Crippen LogP contribution is -2.13. The minimum absolute atomic E-state index is 0.0118. The Kier molecular flexibility index (Phi) is 4.57. The molecule has 1 aromatic heterocycles. The van der Waals surface area contributed by atoms with Crippen molar-refractivity contribution < 1.29 is 22.4 Å². The lowest BCUT2D eigenvalue weighted by Gasteiger charge is -2.13. The van der Waals surface area contributed by atoms with Crippen LogP contribution in [0.3, 0.4) is 0 Å². The third-order valence-corrected chi connectivity index (χ3v) is 3.70. The van der Waals surface area contributed by atoms with E-state index in [-0.39, 0.29) is 29.8 Å². The topological polar surface area (TPSA) is 60.2 Å². The van der Waals surface area contributed by atoms with E-state index < -0.39 is 11.7 Å². The zero-order chi connectivity index (χ0) is 17.2. The van der Waals surface area contributed by atoms with E-state index in [0.717, 1.165) is 25.5 Å². The zero-order valence-corrected chi connectivity index (χ0v) is 12.8. The molecule has 24 heavy (non-hydrogen) atoms. The molecule has 1 aromatic carbocycles. The summed E-state index contributed by atoms with van der Waals surface area (Å²) in [7, 11) is 0. The summed E-state index contributed by atoms with van der Waals surface area (Å²) in [4.78, 5) is 4.21. The van der Waals surface area contributed by atoms with E-state index in [1.807, 2.05) is 0 Å². The van der Waals surface area contributed by atoms with Crippen LogP contribution < -0.4 is 10.1 Å². The van der Waals surface area contributed by atoms with Crippen LogP contribution in [0.2, 0.25) is 0 Å². The third kappa shape index (κ3) is 3.43. The summed E-state index contributed by atoms with van der Waals surface area (Å²) in [6, 6.07) is 3.66. The molecule has 1 aliphatic rings. The standard InChI is InChI=1S/C16H16F3N3O2/c1-2-8-23-13-6-5-10(9-11(13)16(17,18)19)14-21-15(24-22-14)12-4-3-7-20-12/h2,5-6,9,12,20H,1,3-4,7-8H2/t12-/m0/s1. The summed E-state index contributed by atoms with van der Waals surface area (Å²) in [6.07, 6.45) is -1.31. The number of benzene rings is 1. The Labute approximate surface area is 136 Å². The van der Waals surface area contributed by atoms with E-state index in [4.69, 9.17) is 9.26 Å². The van der Waals surface area contributed by atoms with E-state index in [1.54, 1.807) is 0 Å². The molecule has 1 fully saturated rings. The summed E-state index contributed by atoms with van der Waals surface area (Å²) >= 11 is 0. The molecule has 0 radical (unpaired) electrons. The van der Waals surface area contributed by atoms with Gasteiger partial charge in [0.25, 0.3) is 0 Å². The van der Waals surface area contributed by atoms with Gasteiger partial charge < -0.3 is 14.6 Å². The summed E-state index contributed by atoms with van der Waals surface area (Å²) in [5, 5.41) is 7.00. The predicted molar refractivity (Wildman–Crippen MR) is 80.4 cm³/mol. The normalized spacial score (nSPS) is 17.9. The van der Waals surface area contributed by atoms with E-state index >= 15 is 0 Å². The molecule has 0 aliphatic carbocycles. The third-order valence-electron chi connectivity index (χ3n) is 3.70. The number of nitrogens with one attached hydrogen (secondary N) is 1. The van der Waals surface area contributed by atoms with Crippen molar-refractivity contribution in [1.29, 1.82) is 0 Å². The minimum atomic E-state index is -4.55. The van der Waals surface area contributed by atoms with Gasteiger partial charge in [-0.1, -0.05) is 17.8 Å². The molecule has 5 nitrogen and oxygen atoms in total. The van der Waals surface area contributed by atoms with Gasteiger partial charge in [0.15, 0.2) is 0 Å². The molecule has 128 valence electrons. The molecule has 3 rings (SSSR count). The van der Waals surface area contributed by atoms with Gasteiger partial charge in [0.05, 0.1) is 11.6 Å². The summed E-state index contributed by atoms with van der Waals surface area (Å²) in [5.74, 6) is 0.259. The van der Waals surface area contributed by atoms with E-state index in [2.05, 4.69) is 22.0 Å². The van der Waals surface area contributed by atoms with Gasteiger partial charge in [-0.3, -0.25) is 0 Å². The van der Waals surface area contributed by atoms with Crippen LogP contribution in [0.5, 0.6) is 5.75 Å². The van der Waals surface area contributed by atoms with E-state index in [0.29, 0.717) is 5.89 Å². The maximum Gasteiger partial charge on any atom is 0.419 e. The van der Waals surface area contributed by atoms with Crippen LogP contribution in [0.1, 0.15) is 30.3 Å². The van der Waals surface area contributed by atoms with Crippen molar-refractivity contribution in [3.63, 3.8) is 0 Å². The SMILES string of the molecule is C=CCOc1ccc(-c2noc([C@@H]3CCCN3)n2)cc1C(F)(F)F.